The van der Waals surface area contributed by atoms with Crippen LogP contribution in [-0.4, -0.2) is 44.5 Å². The molecule has 1 aliphatic heterocycles. The van der Waals surface area contributed by atoms with E-state index in [-0.39, 0.29) is 17.1 Å². The van der Waals surface area contributed by atoms with E-state index in [0.717, 1.165) is 57.3 Å². The van der Waals surface area contributed by atoms with Crippen molar-refractivity contribution in [1.29, 1.82) is 0 Å². The van der Waals surface area contributed by atoms with Crippen LogP contribution in [0, 0.1) is 0 Å². The maximum atomic E-state index is 12.6. The van der Waals surface area contributed by atoms with Crippen LogP contribution in [-0.2, 0) is 0 Å². The van der Waals surface area contributed by atoms with Crippen LogP contribution >= 0.6 is 0 Å². The molecule has 0 bridgehead atoms. The predicted octanol–water partition coefficient (Wildman–Crippen LogP) is 8.16. The number of likely N-dealkylation sites (tertiary alicyclic amines) is 1. The molecule has 222 valence electrons. The molecule has 0 spiro atoms. The van der Waals surface area contributed by atoms with Crippen LogP contribution in [0.4, 0.5) is 5.69 Å². The standard InChI is InChI=1S/C38H39N5O/c1-37(2)21-26(22-38(3,4)42(37)5)41-32-20-27(17-18-29(32)36(39)44)43-33-15-9-7-12-30(33)35-28(13-10-16-34(35)43)25-19-24-11-6-8-14-31(24)40-23-25/h6-20,23,26,41H,21-22H2,1-5H3,(H2,39,44). The van der Waals surface area contributed by atoms with Gasteiger partial charge in [-0.25, -0.2) is 0 Å². The number of benzene rings is 4. The lowest BCUT2D eigenvalue weighted by Gasteiger charge is -2.54. The van der Waals surface area contributed by atoms with Gasteiger partial charge in [0, 0.05) is 56.4 Å². The number of carbonyl (C=O) groups is 1. The number of nitrogens with zero attached hydrogens (tertiary/aromatic N) is 3. The molecule has 7 rings (SSSR count). The maximum Gasteiger partial charge on any atom is 0.250 e. The lowest BCUT2D eigenvalue weighted by Crippen LogP contribution is -2.61. The second-order valence-electron chi connectivity index (χ2n) is 13.5. The molecule has 6 aromatic rings. The Morgan fingerprint density at radius 3 is 2.34 bits per heavy atom. The number of hydrogen-bond donors (Lipinski definition) is 2. The Morgan fingerprint density at radius 2 is 1.57 bits per heavy atom. The molecule has 1 fully saturated rings. The molecule has 44 heavy (non-hydrogen) atoms. The molecule has 4 aromatic carbocycles. The van der Waals surface area contributed by atoms with Crippen molar-refractivity contribution >= 4 is 44.3 Å². The van der Waals surface area contributed by atoms with Crippen molar-refractivity contribution in [3.05, 3.63) is 103 Å². The molecule has 1 aliphatic rings. The van der Waals surface area contributed by atoms with Gasteiger partial charge in [0.2, 0.25) is 0 Å². The molecule has 1 saturated heterocycles. The van der Waals surface area contributed by atoms with Crippen molar-refractivity contribution in [2.24, 2.45) is 5.73 Å². The van der Waals surface area contributed by atoms with E-state index in [4.69, 9.17) is 10.7 Å². The van der Waals surface area contributed by atoms with Gasteiger partial charge < -0.3 is 15.6 Å². The highest BCUT2D eigenvalue weighted by molar-refractivity contribution is 6.16. The van der Waals surface area contributed by atoms with E-state index in [9.17, 15) is 4.79 Å². The Bertz CT molecular complexity index is 2050. The second-order valence-corrected chi connectivity index (χ2v) is 13.5. The number of amides is 1. The first kappa shape index (κ1) is 28.1. The minimum atomic E-state index is -0.432. The van der Waals surface area contributed by atoms with Gasteiger partial charge in [0.15, 0.2) is 0 Å². The van der Waals surface area contributed by atoms with E-state index in [0.29, 0.717) is 5.56 Å². The summed E-state index contributed by atoms with van der Waals surface area (Å²) in [5.74, 6) is -0.432. The predicted molar refractivity (Wildman–Crippen MR) is 183 cm³/mol. The third-order valence-corrected chi connectivity index (χ3v) is 9.79. The van der Waals surface area contributed by atoms with Gasteiger partial charge >= 0.3 is 0 Å². The highest BCUT2D eigenvalue weighted by Gasteiger charge is 2.43. The summed E-state index contributed by atoms with van der Waals surface area (Å²) in [6.07, 6.45) is 3.87. The first-order valence-electron chi connectivity index (χ1n) is 15.4. The summed E-state index contributed by atoms with van der Waals surface area (Å²) < 4.78 is 2.29. The van der Waals surface area contributed by atoms with E-state index in [1.54, 1.807) is 0 Å². The highest BCUT2D eigenvalue weighted by atomic mass is 16.1. The molecule has 0 aliphatic carbocycles. The minimum absolute atomic E-state index is 0.00473. The third kappa shape index (κ3) is 4.61. The summed E-state index contributed by atoms with van der Waals surface area (Å²) in [5.41, 5.74) is 13.6. The first-order chi connectivity index (χ1) is 21.0. The Labute approximate surface area is 258 Å². The highest BCUT2D eigenvalue weighted by Crippen LogP contribution is 2.41. The number of rotatable bonds is 5. The minimum Gasteiger partial charge on any atom is -0.381 e. The van der Waals surface area contributed by atoms with Crippen molar-refractivity contribution < 1.29 is 4.79 Å². The van der Waals surface area contributed by atoms with Gasteiger partial charge in [0.1, 0.15) is 0 Å². The number of pyridine rings is 1. The molecule has 0 radical (unpaired) electrons. The van der Waals surface area contributed by atoms with Gasteiger partial charge in [0.25, 0.3) is 5.91 Å². The normalized spacial score (nSPS) is 16.9. The van der Waals surface area contributed by atoms with Crippen LogP contribution in [0.3, 0.4) is 0 Å². The number of anilines is 1. The van der Waals surface area contributed by atoms with Crippen LogP contribution in [0.5, 0.6) is 0 Å². The molecule has 0 unspecified atom stereocenters. The Balaban J connectivity index is 1.39. The summed E-state index contributed by atoms with van der Waals surface area (Å²) in [4.78, 5) is 19.9. The average Bonchev–Trinajstić information content (AvgIpc) is 3.34. The van der Waals surface area contributed by atoms with Crippen molar-refractivity contribution in [1.82, 2.24) is 14.5 Å². The van der Waals surface area contributed by atoms with Gasteiger partial charge in [-0.3, -0.25) is 14.7 Å². The maximum absolute atomic E-state index is 12.6. The number of para-hydroxylation sites is 2. The summed E-state index contributed by atoms with van der Waals surface area (Å²) in [6.45, 7) is 9.15. The Hall–Kier alpha value is -4.68. The number of hydrogen-bond acceptors (Lipinski definition) is 4. The molecule has 3 heterocycles. The fourth-order valence-electron chi connectivity index (χ4n) is 7.46. The Kier molecular flexibility index (Phi) is 6.52. The van der Waals surface area contributed by atoms with E-state index in [1.807, 2.05) is 30.5 Å². The van der Waals surface area contributed by atoms with Crippen LogP contribution < -0.4 is 11.1 Å². The van der Waals surface area contributed by atoms with Gasteiger partial charge in [0.05, 0.1) is 22.1 Å². The third-order valence-electron chi connectivity index (χ3n) is 9.79. The number of fused-ring (bicyclic) bond motifs is 4. The number of nitrogens with one attached hydrogen (secondary N) is 1. The molecular weight excluding hydrogens is 542 g/mol. The van der Waals surface area contributed by atoms with Gasteiger partial charge in [-0.1, -0.05) is 48.5 Å². The zero-order chi connectivity index (χ0) is 30.8. The largest absolute Gasteiger partial charge is 0.381 e. The number of carbonyl (C=O) groups excluding carboxylic acids is 1. The van der Waals surface area contributed by atoms with E-state index >= 15 is 0 Å². The zero-order valence-electron chi connectivity index (χ0n) is 26.1. The topological polar surface area (TPSA) is 76.2 Å². The first-order valence-corrected chi connectivity index (χ1v) is 15.4. The molecule has 0 atom stereocenters. The van der Waals surface area contributed by atoms with E-state index < -0.39 is 5.91 Å². The molecule has 2 aromatic heterocycles. The van der Waals surface area contributed by atoms with Crippen molar-refractivity contribution in [3.63, 3.8) is 0 Å². The van der Waals surface area contributed by atoms with Gasteiger partial charge in [-0.05, 0) is 95.6 Å². The molecule has 6 nitrogen and oxygen atoms in total. The number of primary amides is 1. The number of piperidine rings is 1. The summed E-state index contributed by atoms with van der Waals surface area (Å²) in [5, 5.41) is 7.22. The molecule has 3 N–H and O–H groups in total. The molecule has 6 heteroatoms. The van der Waals surface area contributed by atoms with E-state index in [1.165, 1.54) is 10.8 Å². The number of nitrogens with two attached hydrogens (primary N) is 1. The van der Waals surface area contributed by atoms with Crippen LogP contribution in [0.2, 0.25) is 0 Å². The second kappa shape index (κ2) is 10.2. The van der Waals surface area contributed by atoms with Crippen LogP contribution in [0.15, 0.2) is 97.2 Å². The zero-order valence-corrected chi connectivity index (χ0v) is 26.1. The SMILES string of the molecule is CN1C(C)(C)CC(Nc2cc(-n3c4ccccc4c4c(-c5cnc6ccccc6c5)cccc43)ccc2C(N)=O)CC1(C)C. The van der Waals surface area contributed by atoms with Crippen LogP contribution in [0.25, 0.3) is 49.5 Å². The van der Waals surface area contributed by atoms with Gasteiger partial charge in [-0.15, -0.1) is 0 Å². The quantitative estimate of drug-likeness (QED) is 0.215. The van der Waals surface area contributed by atoms with Crippen LogP contribution in [0.1, 0.15) is 50.9 Å². The van der Waals surface area contributed by atoms with Crippen molar-refractivity contribution in [2.45, 2.75) is 57.7 Å². The lowest BCUT2D eigenvalue weighted by molar-refractivity contribution is -0.00767. The van der Waals surface area contributed by atoms with Gasteiger partial charge in [-0.2, -0.15) is 0 Å². The van der Waals surface area contributed by atoms with E-state index in [2.05, 4.69) is 116 Å². The molecule has 0 saturated carbocycles. The number of aromatic nitrogens is 2. The fourth-order valence-corrected chi connectivity index (χ4v) is 7.46. The summed E-state index contributed by atoms with van der Waals surface area (Å²) in [6, 6.07) is 31.6. The average molecular weight is 582 g/mol. The fraction of sp³-hybridized carbons (Fsp3) is 0.263. The monoisotopic (exact) mass is 581 g/mol. The smallest absolute Gasteiger partial charge is 0.250 e. The summed E-state index contributed by atoms with van der Waals surface area (Å²) in [7, 11) is 2.20. The Morgan fingerprint density at radius 1 is 0.864 bits per heavy atom. The van der Waals surface area contributed by atoms with Crippen molar-refractivity contribution in [2.75, 3.05) is 12.4 Å². The summed E-state index contributed by atoms with van der Waals surface area (Å²) >= 11 is 0. The molecule has 1 amide bonds. The lowest BCUT2D eigenvalue weighted by atomic mass is 9.77. The van der Waals surface area contributed by atoms with Crippen molar-refractivity contribution in [3.8, 4) is 16.8 Å². The molecular formula is C38H39N5O.